The van der Waals surface area contributed by atoms with Gasteiger partial charge in [-0.25, -0.2) is 10.0 Å². The summed E-state index contributed by atoms with van der Waals surface area (Å²) in [7, 11) is 1.54. The number of fused-ring (bicyclic) bond motifs is 3. The van der Waals surface area contributed by atoms with Gasteiger partial charge in [-0.3, -0.25) is 14.6 Å². The molecule has 2 heterocycles. The van der Waals surface area contributed by atoms with Crippen LogP contribution in [0.15, 0.2) is 30.6 Å². The first-order chi connectivity index (χ1) is 12.9. The Bertz CT molecular complexity index is 948. The Morgan fingerprint density at radius 3 is 2.67 bits per heavy atom. The molecule has 1 unspecified atom stereocenters. The third kappa shape index (κ3) is 3.81. The van der Waals surface area contributed by atoms with E-state index in [2.05, 4.69) is 35.5 Å². The Morgan fingerprint density at radius 2 is 2.00 bits per heavy atom. The lowest BCUT2D eigenvalue weighted by atomic mass is 10.1. The van der Waals surface area contributed by atoms with Crippen LogP contribution < -0.4 is 0 Å². The van der Waals surface area contributed by atoms with Gasteiger partial charge in [-0.15, -0.1) is 0 Å². The van der Waals surface area contributed by atoms with E-state index in [-0.39, 0.29) is 11.9 Å². The molecule has 6 nitrogen and oxygen atoms in total. The summed E-state index contributed by atoms with van der Waals surface area (Å²) < 4.78 is 2.21. The number of nitrogens with zero attached hydrogens (tertiary/aromatic N) is 4. The largest absolute Gasteiger partial charge is 0.330 e. The molecule has 0 N–H and O–H groups in total. The van der Waals surface area contributed by atoms with Crippen molar-refractivity contribution in [2.45, 2.75) is 59.0 Å². The summed E-state index contributed by atoms with van der Waals surface area (Å²) in [6, 6.07) is 8.27. The summed E-state index contributed by atoms with van der Waals surface area (Å²) in [6.45, 7) is 8.67. The molecule has 27 heavy (non-hydrogen) atoms. The number of para-hydroxylation sites is 1. The Hall–Kier alpha value is -2.47. The van der Waals surface area contributed by atoms with E-state index in [0.29, 0.717) is 5.92 Å². The highest BCUT2D eigenvalue weighted by Gasteiger charge is 2.18. The molecule has 3 rings (SSSR count). The fourth-order valence-corrected chi connectivity index (χ4v) is 3.67. The number of imidazole rings is 1. The molecule has 0 aliphatic carbocycles. The first kappa shape index (κ1) is 19.3. The van der Waals surface area contributed by atoms with Crippen molar-refractivity contribution < 1.29 is 9.63 Å². The maximum Gasteiger partial charge on any atom is 0.243 e. The minimum Gasteiger partial charge on any atom is -0.330 e. The smallest absolute Gasteiger partial charge is 0.243 e. The number of hydrogen-bond donors (Lipinski definition) is 0. The van der Waals surface area contributed by atoms with Gasteiger partial charge in [0.25, 0.3) is 0 Å². The number of hydroxylamine groups is 2. The Balaban J connectivity index is 1.89. The van der Waals surface area contributed by atoms with Crippen LogP contribution >= 0.6 is 0 Å². The van der Waals surface area contributed by atoms with Gasteiger partial charge in [0, 0.05) is 18.9 Å². The molecule has 0 bridgehead atoms. The van der Waals surface area contributed by atoms with E-state index < -0.39 is 0 Å². The zero-order valence-corrected chi connectivity index (χ0v) is 16.8. The zero-order valence-electron chi connectivity index (χ0n) is 16.8. The molecule has 3 aromatic rings. The number of aromatic nitrogens is 3. The van der Waals surface area contributed by atoms with Gasteiger partial charge >= 0.3 is 0 Å². The maximum atomic E-state index is 11.6. The number of rotatable bonds is 7. The fourth-order valence-electron chi connectivity index (χ4n) is 3.67. The highest BCUT2D eigenvalue weighted by molar-refractivity contribution is 6.03. The Morgan fingerprint density at radius 1 is 1.26 bits per heavy atom. The lowest BCUT2D eigenvalue weighted by Crippen LogP contribution is -2.36. The third-order valence-electron chi connectivity index (χ3n) is 4.96. The number of carbonyl (C=O) groups excluding carboxylic acids is 1. The lowest BCUT2D eigenvalue weighted by Gasteiger charge is -2.25. The molecule has 0 aliphatic rings. The first-order valence-corrected chi connectivity index (χ1v) is 9.51. The summed E-state index contributed by atoms with van der Waals surface area (Å²) >= 11 is 0. The molecule has 0 radical (unpaired) electrons. The van der Waals surface area contributed by atoms with Crippen LogP contribution in [0.25, 0.3) is 21.9 Å². The van der Waals surface area contributed by atoms with E-state index in [0.717, 1.165) is 47.0 Å². The van der Waals surface area contributed by atoms with Crippen LogP contribution in [-0.2, 0) is 16.2 Å². The van der Waals surface area contributed by atoms with Crippen molar-refractivity contribution in [2.24, 2.45) is 0 Å². The monoisotopic (exact) mass is 368 g/mol. The van der Waals surface area contributed by atoms with Gasteiger partial charge in [-0.2, -0.15) is 0 Å². The minimum absolute atomic E-state index is 0.0342. The topological polar surface area (TPSA) is 60.2 Å². The second-order valence-corrected chi connectivity index (χ2v) is 7.32. The van der Waals surface area contributed by atoms with Gasteiger partial charge in [0.05, 0.1) is 36.2 Å². The summed E-state index contributed by atoms with van der Waals surface area (Å²) in [4.78, 5) is 26.3. The van der Waals surface area contributed by atoms with Gasteiger partial charge < -0.3 is 4.57 Å². The van der Waals surface area contributed by atoms with Crippen LogP contribution in [0, 0.1) is 0 Å². The normalized spacial score (nSPS) is 12.8. The van der Waals surface area contributed by atoms with Crippen molar-refractivity contribution in [3.05, 3.63) is 36.3 Å². The van der Waals surface area contributed by atoms with E-state index in [9.17, 15) is 4.79 Å². The number of carbonyl (C=O) groups is 1. The van der Waals surface area contributed by atoms with Gasteiger partial charge in [0.15, 0.2) is 0 Å². The van der Waals surface area contributed by atoms with Crippen molar-refractivity contribution in [3.63, 3.8) is 0 Å². The number of benzene rings is 1. The molecular formula is C21H28N4O2. The Labute approximate surface area is 160 Å². The van der Waals surface area contributed by atoms with Crippen LogP contribution in [0.5, 0.6) is 0 Å². The number of pyridine rings is 1. The predicted octanol–water partition coefficient (Wildman–Crippen LogP) is 4.29. The van der Waals surface area contributed by atoms with Crippen LogP contribution in [-0.4, -0.2) is 38.7 Å². The van der Waals surface area contributed by atoms with E-state index in [1.165, 1.54) is 19.1 Å². The average Bonchev–Trinajstić information content (AvgIpc) is 3.05. The van der Waals surface area contributed by atoms with E-state index in [4.69, 9.17) is 9.82 Å². The third-order valence-corrected chi connectivity index (χ3v) is 4.96. The fraction of sp³-hybridized carbons (Fsp3) is 0.476. The average molecular weight is 368 g/mol. The summed E-state index contributed by atoms with van der Waals surface area (Å²) in [5.41, 5.74) is 4.18. The number of hydrogen-bond acceptors (Lipinski definition) is 4. The molecule has 1 aromatic carbocycles. The number of amides is 1. The van der Waals surface area contributed by atoms with Gasteiger partial charge in [-0.1, -0.05) is 32.0 Å². The van der Waals surface area contributed by atoms with Gasteiger partial charge in [-0.05, 0) is 31.7 Å². The Kier molecular flexibility index (Phi) is 5.75. The number of aryl methyl sites for hydroxylation is 1. The molecule has 0 fully saturated rings. The highest BCUT2D eigenvalue weighted by atomic mass is 16.7. The molecule has 0 spiro atoms. The molecule has 0 aliphatic heterocycles. The molecule has 2 aromatic heterocycles. The second kappa shape index (κ2) is 8.05. The van der Waals surface area contributed by atoms with E-state index in [1.54, 1.807) is 0 Å². The van der Waals surface area contributed by atoms with E-state index >= 15 is 0 Å². The quantitative estimate of drug-likeness (QED) is 0.584. The lowest BCUT2D eigenvalue weighted by molar-refractivity contribution is -0.185. The summed E-state index contributed by atoms with van der Waals surface area (Å²) in [5, 5.41) is 2.56. The van der Waals surface area contributed by atoms with Gasteiger partial charge in [0.1, 0.15) is 5.52 Å². The molecular weight excluding hydrogens is 340 g/mol. The molecule has 6 heteroatoms. The van der Waals surface area contributed by atoms with Crippen LogP contribution in [0.2, 0.25) is 0 Å². The van der Waals surface area contributed by atoms with Crippen molar-refractivity contribution in [3.8, 4) is 0 Å². The van der Waals surface area contributed by atoms with Crippen molar-refractivity contribution in [2.75, 3.05) is 7.11 Å². The van der Waals surface area contributed by atoms with Crippen molar-refractivity contribution >= 4 is 27.8 Å². The highest BCUT2D eigenvalue weighted by Crippen LogP contribution is 2.29. The first-order valence-electron chi connectivity index (χ1n) is 9.51. The van der Waals surface area contributed by atoms with Crippen molar-refractivity contribution in [1.29, 1.82) is 0 Å². The molecule has 1 amide bonds. The molecule has 1 atom stereocenters. The standard InChI is InChI=1S/C21H28N4O2/c1-14(2)19-20-21(17-10-6-7-11-18(17)23-19)24(13-22-20)12-8-9-15(3)25(27-5)16(4)26/h6-7,10-11,13-15H,8-9,12H2,1-5H3. The maximum absolute atomic E-state index is 11.6. The molecule has 144 valence electrons. The summed E-state index contributed by atoms with van der Waals surface area (Å²) in [6.07, 6.45) is 3.69. The van der Waals surface area contributed by atoms with Gasteiger partial charge in [0.2, 0.25) is 5.91 Å². The van der Waals surface area contributed by atoms with Crippen LogP contribution in [0.1, 0.15) is 52.1 Å². The SMILES string of the molecule is CON(C(C)=O)C(C)CCCn1cnc2c(C(C)C)nc3ccccc3c21. The predicted molar refractivity (Wildman–Crippen MR) is 107 cm³/mol. The van der Waals surface area contributed by atoms with Crippen molar-refractivity contribution in [1.82, 2.24) is 19.6 Å². The minimum atomic E-state index is -0.0725. The van der Waals surface area contributed by atoms with Crippen LogP contribution in [0.3, 0.4) is 0 Å². The second-order valence-electron chi connectivity index (χ2n) is 7.32. The summed E-state index contributed by atoms with van der Waals surface area (Å²) in [5.74, 6) is 0.239. The van der Waals surface area contributed by atoms with E-state index in [1.807, 2.05) is 25.4 Å². The zero-order chi connectivity index (χ0) is 19.6. The molecule has 0 saturated carbocycles. The van der Waals surface area contributed by atoms with Crippen LogP contribution in [0.4, 0.5) is 0 Å². The molecule has 0 saturated heterocycles.